The van der Waals surface area contributed by atoms with Gasteiger partial charge in [0.15, 0.2) is 0 Å². The molecule has 180 valence electrons. The molecule has 0 spiro atoms. The molecule has 0 unspecified atom stereocenters. The molecule has 2 aromatic carbocycles. The van der Waals surface area contributed by atoms with Crippen molar-refractivity contribution in [2.24, 2.45) is 0 Å². The van der Waals surface area contributed by atoms with E-state index in [2.05, 4.69) is 92.9 Å². The van der Waals surface area contributed by atoms with Gasteiger partial charge in [-0.05, 0) is 56.0 Å². The normalized spacial score (nSPS) is 17.2. The van der Waals surface area contributed by atoms with Gasteiger partial charge in [-0.15, -0.1) is 0 Å². The van der Waals surface area contributed by atoms with Crippen LogP contribution in [0.1, 0.15) is 111 Å². The molecule has 1 aliphatic heterocycles. The average molecular weight is 451 g/mol. The maximum Gasteiger partial charge on any atom is 0.0989 e. The highest BCUT2D eigenvalue weighted by Gasteiger charge is 2.29. The lowest BCUT2D eigenvalue weighted by Crippen LogP contribution is -2.29. The molecule has 0 bridgehead atoms. The molecule has 0 radical (unpaired) electrons. The second-order valence-corrected chi connectivity index (χ2v) is 13.5. The van der Waals surface area contributed by atoms with E-state index in [-0.39, 0.29) is 21.7 Å². The van der Waals surface area contributed by atoms with Crippen LogP contribution in [0.4, 0.5) is 11.4 Å². The van der Waals surface area contributed by atoms with Crippen molar-refractivity contribution < 1.29 is 5.48 Å². The Morgan fingerprint density at radius 3 is 1.18 bits per heavy atom. The van der Waals surface area contributed by atoms with E-state index in [1.54, 1.807) is 0 Å². The Morgan fingerprint density at radius 1 is 0.576 bits per heavy atom. The summed E-state index contributed by atoms with van der Waals surface area (Å²) in [6, 6.07) is 5.50. The molecule has 2 aromatic rings. The topological polar surface area (TPSA) is 6.48 Å². The SMILES string of the molecule is [2H]c1cc(C(C)(C)C)c(N2C=CN(c3c(C(C)(C)C)cc([2H])c(C(C)(C)C)c3[2H])C2)c([2H])c1C(C)(C)C. The van der Waals surface area contributed by atoms with Gasteiger partial charge in [0.2, 0.25) is 0 Å². The first-order valence-corrected chi connectivity index (χ1v) is 12.1. The smallest absolute Gasteiger partial charge is 0.0989 e. The zero-order valence-corrected chi connectivity index (χ0v) is 22.9. The fourth-order valence-corrected chi connectivity index (χ4v) is 3.98. The predicted octanol–water partition coefficient (Wildman–Crippen LogP) is 8.63. The maximum absolute atomic E-state index is 9.25. The minimum Gasteiger partial charge on any atom is -0.328 e. The Bertz CT molecular complexity index is 1140. The van der Waals surface area contributed by atoms with Gasteiger partial charge < -0.3 is 9.80 Å². The first-order chi connectivity index (χ1) is 16.6. The lowest BCUT2D eigenvalue weighted by Gasteiger charge is -2.33. The number of nitrogens with zero attached hydrogens (tertiary/aromatic N) is 2. The molecule has 0 saturated carbocycles. The lowest BCUT2D eigenvalue weighted by molar-refractivity contribution is 0.575. The van der Waals surface area contributed by atoms with Crippen LogP contribution in [0.5, 0.6) is 0 Å². The van der Waals surface area contributed by atoms with E-state index >= 15 is 0 Å². The van der Waals surface area contributed by atoms with Gasteiger partial charge in [0, 0.05) is 23.8 Å². The quantitative estimate of drug-likeness (QED) is 0.452. The molecule has 1 aliphatic rings. The van der Waals surface area contributed by atoms with Crippen LogP contribution < -0.4 is 9.80 Å². The van der Waals surface area contributed by atoms with Crippen molar-refractivity contribution in [2.45, 2.75) is 105 Å². The molecular weight excluding hydrogens is 400 g/mol. The van der Waals surface area contributed by atoms with Gasteiger partial charge in [-0.2, -0.15) is 0 Å². The van der Waals surface area contributed by atoms with E-state index in [9.17, 15) is 2.74 Å². The molecule has 1 heterocycles. The van der Waals surface area contributed by atoms with Crippen molar-refractivity contribution in [3.8, 4) is 0 Å². The van der Waals surface area contributed by atoms with Crippen molar-refractivity contribution in [2.75, 3.05) is 16.5 Å². The van der Waals surface area contributed by atoms with E-state index in [4.69, 9.17) is 2.74 Å². The highest BCUT2D eigenvalue weighted by molar-refractivity contribution is 5.68. The summed E-state index contributed by atoms with van der Waals surface area (Å²) in [5, 5.41) is 0. The van der Waals surface area contributed by atoms with Gasteiger partial charge in [-0.3, -0.25) is 0 Å². The van der Waals surface area contributed by atoms with Crippen LogP contribution in [-0.2, 0) is 21.7 Å². The Hall–Kier alpha value is -2.22. The maximum atomic E-state index is 9.25. The van der Waals surface area contributed by atoms with Crippen LogP contribution in [0.25, 0.3) is 0 Å². The highest BCUT2D eigenvalue weighted by Crippen LogP contribution is 2.40. The third-order valence-corrected chi connectivity index (χ3v) is 6.14. The third-order valence-electron chi connectivity index (χ3n) is 6.14. The van der Waals surface area contributed by atoms with Crippen molar-refractivity contribution >= 4 is 11.4 Å². The number of benzene rings is 2. The summed E-state index contributed by atoms with van der Waals surface area (Å²) in [6.45, 7) is 25.6. The monoisotopic (exact) mass is 450 g/mol. The standard InChI is InChI=1S/C31H46N2/c1-28(2,3)22-13-15-24(30(7,8)9)26(19-22)32-17-18-33(21-32)27-20-23(29(4,5)6)14-16-25(27)31(10,11)12/h13-20H,21H2,1-12H3/i13D,14D,19D,20D. The van der Waals surface area contributed by atoms with Crippen LogP contribution in [0.3, 0.4) is 0 Å². The highest BCUT2D eigenvalue weighted by atomic mass is 15.3. The molecule has 0 saturated heterocycles. The Labute approximate surface area is 209 Å². The van der Waals surface area contributed by atoms with Gasteiger partial charge in [0.25, 0.3) is 0 Å². The summed E-state index contributed by atoms with van der Waals surface area (Å²) in [5.74, 6) is 0. The van der Waals surface area contributed by atoms with Crippen LogP contribution in [0, 0.1) is 0 Å². The summed E-state index contributed by atoms with van der Waals surface area (Å²) in [6.07, 6.45) is 3.99. The average Bonchev–Trinajstić information content (AvgIpc) is 3.12. The van der Waals surface area contributed by atoms with Crippen molar-refractivity contribution in [3.63, 3.8) is 0 Å². The van der Waals surface area contributed by atoms with E-state index < -0.39 is 0 Å². The first kappa shape index (κ1) is 20.2. The second-order valence-electron chi connectivity index (χ2n) is 13.5. The zero-order chi connectivity index (χ0) is 28.5. The molecule has 2 heteroatoms. The van der Waals surface area contributed by atoms with Crippen molar-refractivity contribution in [1.29, 1.82) is 0 Å². The second kappa shape index (κ2) is 8.22. The summed E-state index contributed by atoms with van der Waals surface area (Å²) in [7, 11) is 0. The molecule has 0 fully saturated rings. The molecule has 0 aromatic heterocycles. The largest absolute Gasteiger partial charge is 0.328 e. The first-order valence-electron chi connectivity index (χ1n) is 14.1. The van der Waals surface area contributed by atoms with Crippen LogP contribution >= 0.6 is 0 Å². The van der Waals surface area contributed by atoms with Gasteiger partial charge in [0.05, 0.1) is 12.2 Å². The molecule has 2 nitrogen and oxygen atoms in total. The van der Waals surface area contributed by atoms with E-state index in [0.717, 1.165) is 33.6 Å². The third kappa shape index (κ3) is 5.48. The minimum atomic E-state index is -0.332. The molecule has 0 aliphatic carbocycles. The number of rotatable bonds is 2. The Balaban J connectivity index is 2.24. The molecule has 0 amide bonds. The van der Waals surface area contributed by atoms with Crippen molar-refractivity contribution in [3.05, 3.63) is 71.0 Å². The molecular formula is C31H46N2. The van der Waals surface area contributed by atoms with Gasteiger partial charge in [-0.1, -0.05) is 107 Å². The lowest BCUT2D eigenvalue weighted by atomic mass is 9.80. The molecule has 33 heavy (non-hydrogen) atoms. The van der Waals surface area contributed by atoms with Gasteiger partial charge in [0.1, 0.15) is 0 Å². The molecule has 0 N–H and O–H groups in total. The van der Waals surface area contributed by atoms with E-state index in [0.29, 0.717) is 30.8 Å². The van der Waals surface area contributed by atoms with Gasteiger partial charge in [-0.25, -0.2) is 0 Å². The number of anilines is 2. The zero-order valence-electron chi connectivity index (χ0n) is 26.9. The van der Waals surface area contributed by atoms with Crippen LogP contribution in [-0.4, -0.2) is 6.67 Å². The van der Waals surface area contributed by atoms with Gasteiger partial charge >= 0.3 is 0 Å². The van der Waals surface area contributed by atoms with Crippen LogP contribution in [0.15, 0.2) is 48.7 Å². The summed E-state index contributed by atoms with van der Waals surface area (Å²) < 4.78 is 36.0. The molecule has 3 rings (SSSR count). The fraction of sp³-hybridized carbons (Fsp3) is 0.548. The Morgan fingerprint density at radius 2 is 0.909 bits per heavy atom. The minimum absolute atomic E-state index is 0.248. The predicted molar refractivity (Wildman–Crippen MR) is 147 cm³/mol. The van der Waals surface area contributed by atoms with Crippen LogP contribution in [0.2, 0.25) is 0 Å². The van der Waals surface area contributed by atoms with E-state index in [1.807, 2.05) is 24.5 Å². The van der Waals surface area contributed by atoms with Crippen molar-refractivity contribution in [1.82, 2.24) is 0 Å². The summed E-state index contributed by atoms with van der Waals surface area (Å²) in [5.41, 5.74) is 3.92. The summed E-state index contributed by atoms with van der Waals surface area (Å²) >= 11 is 0. The number of hydrogen-bond acceptors (Lipinski definition) is 2. The fourth-order valence-electron chi connectivity index (χ4n) is 3.98. The summed E-state index contributed by atoms with van der Waals surface area (Å²) in [4.78, 5) is 4.18. The van der Waals surface area contributed by atoms with E-state index in [1.165, 1.54) is 0 Å². The number of hydrogen-bond donors (Lipinski definition) is 0. The Kier molecular flexibility index (Phi) is 5.03. The molecule has 0 atom stereocenters.